The molecule has 0 heterocycles. The molecule has 6 nitrogen and oxygen atoms in total. The van der Waals surface area contributed by atoms with Gasteiger partial charge in [0.15, 0.2) is 0 Å². The van der Waals surface area contributed by atoms with Gasteiger partial charge >= 0.3 is 5.97 Å². The van der Waals surface area contributed by atoms with Crippen molar-refractivity contribution in [1.82, 2.24) is 5.32 Å². The molecule has 0 aliphatic rings. The summed E-state index contributed by atoms with van der Waals surface area (Å²) in [6.07, 6.45) is 52.9. The molecule has 0 rings (SSSR count). The number of unbranched alkanes of at least 4 members (excludes halogenated alkanes) is 28. The van der Waals surface area contributed by atoms with Crippen molar-refractivity contribution in [3.05, 3.63) is 36.5 Å². The molecule has 0 aromatic rings. The number of carbonyl (C=O) groups excluding carboxylic acids is 2. The number of hydrogen-bond donors (Lipinski definition) is 3. The number of aliphatic hydroxyl groups is 2. The molecule has 0 aliphatic carbocycles. The van der Waals surface area contributed by atoms with E-state index < -0.39 is 12.1 Å². The van der Waals surface area contributed by atoms with Gasteiger partial charge in [-0.25, -0.2) is 0 Å². The molecule has 0 aliphatic heterocycles. The van der Waals surface area contributed by atoms with E-state index in [-0.39, 0.29) is 18.5 Å². The number of nitrogens with one attached hydrogen (secondary N) is 1. The minimum Gasteiger partial charge on any atom is -0.466 e. The van der Waals surface area contributed by atoms with Crippen LogP contribution in [0.3, 0.4) is 0 Å². The number of aliphatic hydroxyl groups excluding tert-OH is 2. The quantitative estimate of drug-likeness (QED) is 0.0326. The molecule has 0 spiro atoms. The second-order valence-electron chi connectivity index (χ2n) is 16.1. The molecule has 0 saturated heterocycles. The van der Waals surface area contributed by atoms with Crippen LogP contribution in [-0.4, -0.2) is 47.4 Å². The zero-order valence-corrected chi connectivity index (χ0v) is 36.4. The van der Waals surface area contributed by atoms with Crippen molar-refractivity contribution in [2.75, 3.05) is 13.2 Å². The first-order valence-corrected chi connectivity index (χ1v) is 23.8. The Morgan fingerprint density at radius 1 is 0.491 bits per heavy atom. The highest BCUT2D eigenvalue weighted by atomic mass is 16.5. The predicted molar refractivity (Wildman–Crippen MR) is 236 cm³/mol. The van der Waals surface area contributed by atoms with Crippen LogP contribution < -0.4 is 5.32 Å². The standard InChI is InChI=1S/C49H91NO5/c1-3-5-7-9-11-13-14-15-16-17-18-19-20-21-22-27-31-35-39-43-49(54)55-44-40-36-32-28-24-23-26-30-34-38-42-48(53)50-46(45-51)47(52)41-37-33-29-25-12-10-8-6-4-2/h15-16,24,28,37,41,46-47,51-52H,3-14,17-23,25-27,29-36,38-40,42-45H2,1-2H3,(H,50,53)/b16-15-,28-24-,41-37+. The van der Waals surface area contributed by atoms with Gasteiger partial charge in [0.25, 0.3) is 0 Å². The Bertz CT molecular complexity index is 900. The number of esters is 1. The summed E-state index contributed by atoms with van der Waals surface area (Å²) in [5.74, 6) is -0.148. The second kappa shape index (κ2) is 44.8. The second-order valence-corrected chi connectivity index (χ2v) is 16.1. The molecule has 0 radical (unpaired) electrons. The molecule has 0 bridgehead atoms. The Morgan fingerprint density at radius 2 is 0.855 bits per heavy atom. The van der Waals surface area contributed by atoms with Crippen molar-refractivity contribution in [3.63, 3.8) is 0 Å². The normalized spacial score (nSPS) is 13.0. The zero-order chi connectivity index (χ0) is 40.1. The fraction of sp³-hybridized carbons (Fsp3) is 0.837. The Hall–Kier alpha value is -1.92. The Morgan fingerprint density at radius 3 is 1.29 bits per heavy atom. The van der Waals surface area contributed by atoms with Crippen molar-refractivity contribution in [1.29, 1.82) is 0 Å². The van der Waals surface area contributed by atoms with Crippen molar-refractivity contribution in [2.24, 2.45) is 0 Å². The van der Waals surface area contributed by atoms with Gasteiger partial charge in [0.05, 0.1) is 25.4 Å². The zero-order valence-electron chi connectivity index (χ0n) is 36.4. The van der Waals surface area contributed by atoms with E-state index in [0.717, 1.165) is 77.0 Å². The lowest BCUT2D eigenvalue weighted by Crippen LogP contribution is -2.45. The van der Waals surface area contributed by atoms with Crippen molar-refractivity contribution < 1.29 is 24.5 Å². The molecule has 2 atom stereocenters. The first kappa shape index (κ1) is 53.1. The summed E-state index contributed by atoms with van der Waals surface area (Å²) >= 11 is 0. The maximum Gasteiger partial charge on any atom is 0.305 e. The van der Waals surface area contributed by atoms with Gasteiger partial charge in [-0.05, 0) is 83.5 Å². The van der Waals surface area contributed by atoms with Gasteiger partial charge in [-0.1, -0.05) is 179 Å². The molecule has 0 aromatic carbocycles. The molecule has 6 heteroatoms. The molecule has 3 N–H and O–H groups in total. The van der Waals surface area contributed by atoms with Crippen LogP contribution in [0.5, 0.6) is 0 Å². The van der Waals surface area contributed by atoms with Crippen LogP contribution in [0.1, 0.15) is 239 Å². The highest BCUT2D eigenvalue weighted by Gasteiger charge is 2.18. The van der Waals surface area contributed by atoms with E-state index in [1.807, 2.05) is 6.08 Å². The van der Waals surface area contributed by atoms with E-state index in [2.05, 4.69) is 43.5 Å². The molecular formula is C49H91NO5. The van der Waals surface area contributed by atoms with E-state index >= 15 is 0 Å². The number of amides is 1. The molecule has 55 heavy (non-hydrogen) atoms. The number of carbonyl (C=O) groups is 2. The maximum absolute atomic E-state index is 12.3. The molecule has 1 amide bonds. The largest absolute Gasteiger partial charge is 0.466 e. The summed E-state index contributed by atoms with van der Waals surface area (Å²) in [5.41, 5.74) is 0. The van der Waals surface area contributed by atoms with Gasteiger partial charge in [-0.3, -0.25) is 9.59 Å². The molecule has 322 valence electrons. The van der Waals surface area contributed by atoms with Gasteiger partial charge in [0.2, 0.25) is 5.91 Å². The predicted octanol–water partition coefficient (Wildman–Crippen LogP) is 13.7. The van der Waals surface area contributed by atoms with E-state index in [1.165, 1.54) is 135 Å². The lowest BCUT2D eigenvalue weighted by molar-refractivity contribution is -0.143. The van der Waals surface area contributed by atoms with Gasteiger partial charge in [0, 0.05) is 12.8 Å². The smallest absolute Gasteiger partial charge is 0.305 e. The average molecular weight is 774 g/mol. The highest BCUT2D eigenvalue weighted by molar-refractivity contribution is 5.76. The molecule has 0 fully saturated rings. The summed E-state index contributed by atoms with van der Waals surface area (Å²) in [5, 5.41) is 22.8. The van der Waals surface area contributed by atoms with E-state index in [1.54, 1.807) is 6.08 Å². The van der Waals surface area contributed by atoms with Crippen molar-refractivity contribution in [2.45, 2.75) is 251 Å². The highest BCUT2D eigenvalue weighted by Crippen LogP contribution is 2.14. The summed E-state index contributed by atoms with van der Waals surface area (Å²) < 4.78 is 5.43. The minimum absolute atomic E-state index is 0.0404. The first-order chi connectivity index (χ1) is 27.0. The van der Waals surface area contributed by atoms with Gasteiger partial charge in [-0.2, -0.15) is 0 Å². The number of ether oxygens (including phenoxy) is 1. The third-order valence-corrected chi connectivity index (χ3v) is 10.6. The topological polar surface area (TPSA) is 95.9 Å². The van der Waals surface area contributed by atoms with Gasteiger partial charge in [-0.15, -0.1) is 0 Å². The SMILES string of the molecule is CCCCCCCC/C=C\CCCCCCCCCCCC(=O)OCCCC/C=C\CCCCCCC(=O)NC(CO)C(O)/C=C/CCCCCCCCC. The van der Waals surface area contributed by atoms with Crippen molar-refractivity contribution in [3.8, 4) is 0 Å². The van der Waals surface area contributed by atoms with Gasteiger partial charge in [0.1, 0.15) is 0 Å². The van der Waals surface area contributed by atoms with Crippen LogP contribution in [0.2, 0.25) is 0 Å². The lowest BCUT2D eigenvalue weighted by atomic mass is 10.1. The molecule has 2 unspecified atom stereocenters. The molecule has 0 aromatic heterocycles. The fourth-order valence-electron chi connectivity index (χ4n) is 6.91. The number of hydrogen-bond acceptors (Lipinski definition) is 5. The number of rotatable bonds is 43. The van der Waals surface area contributed by atoms with Crippen LogP contribution in [0.15, 0.2) is 36.5 Å². The Kier molecular flexibility index (Phi) is 43.2. The van der Waals surface area contributed by atoms with E-state index in [9.17, 15) is 19.8 Å². The third-order valence-electron chi connectivity index (χ3n) is 10.6. The number of allylic oxidation sites excluding steroid dienone is 5. The van der Waals surface area contributed by atoms with E-state index in [4.69, 9.17) is 4.74 Å². The molecule has 0 saturated carbocycles. The van der Waals surface area contributed by atoms with Crippen LogP contribution in [0, 0.1) is 0 Å². The van der Waals surface area contributed by atoms with Crippen LogP contribution in [-0.2, 0) is 14.3 Å². The average Bonchev–Trinajstić information content (AvgIpc) is 3.18. The molecular weight excluding hydrogens is 683 g/mol. The van der Waals surface area contributed by atoms with Crippen LogP contribution >= 0.6 is 0 Å². The summed E-state index contributed by atoms with van der Waals surface area (Å²) in [6.45, 7) is 4.76. The fourth-order valence-corrected chi connectivity index (χ4v) is 6.91. The Labute approximate surface area is 341 Å². The monoisotopic (exact) mass is 774 g/mol. The summed E-state index contributed by atoms with van der Waals surface area (Å²) in [4.78, 5) is 24.4. The lowest BCUT2D eigenvalue weighted by Gasteiger charge is -2.20. The van der Waals surface area contributed by atoms with Crippen LogP contribution in [0.25, 0.3) is 0 Å². The summed E-state index contributed by atoms with van der Waals surface area (Å²) in [7, 11) is 0. The van der Waals surface area contributed by atoms with Crippen molar-refractivity contribution >= 4 is 11.9 Å². The minimum atomic E-state index is -0.864. The third kappa shape index (κ3) is 41.5. The maximum atomic E-state index is 12.3. The van der Waals surface area contributed by atoms with Gasteiger partial charge < -0.3 is 20.3 Å². The first-order valence-electron chi connectivity index (χ1n) is 23.8. The Balaban J connectivity index is 3.52. The summed E-state index contributed by atoms with van der Waals surface area (Å²) in [6, 6.07) is -0.651. The van der Waals surface area contributed by atoms with Crippen LogP contribution in [0.4, 0.5) is 0 Å². The van der Waals surface area contributed by atoms with E-state index in [0.29, 0.717) is 19.4 Å².